The first-order chi connectivity index (χ1) is 9.97. The molecule has 2 heterocycles. The van der Waals surface area contributed by atoms with Crippen molar-refractivity contribution in [3.05, 3.63) is 39.6 Å². The summed E-state index contributed by atoms with van der Waals surface area (Å²) in [6, 6.07) is 1.76. The highest BCUT2D eigenvalue weighted by molar-refractivity contribution is 7.15. The molecule has 0 saturated heterocycles. The van der Waals surface area contributed by atoms with Gasteiger partial charge in [0.05, 0.1) is 11.4 Å². The third-order valence-electron chi connectivity index (χ3n) is 2.74. The second-order valence-electron chi connectivity index (χ2n) is 4.42. The molecule has 2 N–H and O–H groups in total. The average molecular weight is 306 g/mol. The smallest absolute Gasteiger partial charge is 0.328 e. The number of H-pyrrole nitrogens is 1. The maximum absolute atomic E-state index is 12.3. The molecule has 0 atom stereocenters. The van der Waals surface area contributed by atoms with E-state index < -0.39 is 5.97 Å². The number of rotatable bonds is 5. The Kier molecular flexibility index (Phi) is 4.49. The lowest BCUT2D eigenvalue weighted by Gasteiger charge is -2.13. The molecule has 0 saturated carbocycles. The van der Waals surface area contributed by atoms with Gasteiger partial charge in [-0.05, 0) is 24.6 Å². The van der Waals surface area contributed by atoms with Crippen LogP contribution in [-0.2, 0) is 11.3 Å². The van der Waals surface area contributed by atoms with Crippen molar-refractivity contribution in [1.82, 2.24) is 20.1 Å². The zero-order valence-electron chi connectivity index (χ0n) is 11.5. The fourth-order valence-corrected chi connectivity index (χ4v) is 2.78. The summed E-state index contributed by atoms with van der Waals surface area (Å²) in [6.07, 6.45) is 3.94. The number of aliphatic carboxylic acids is 1. The Labute approximate surface area is 124 Å². The number of nitrogens with one attached hydrogen (secondary N) is 1. The van der Waals surface area contributed by atoms with Gasteiger partial charge in [0, 0.05) is 18.0 Å². The van der Waals surface area contributed by atoms with Crippen LogP contribution in [0, 0.1) is 6.92 Å². The van der Waals surface area contributed by atoms with Gasteiger partial charge in [-0.15, -0.1) is 11.3 Å². The third-order valence-corrected chi connectivity index (χ3v) is 3.93. The monoisotopic (exact) mass is 306 g/mol. The standard InChI is InChI=1S/C13H14N4O3S/c1-8-5-10(21-9(8)3-4-12(18)19)13(20)17(2)6-11-14-7-15-16-11/h3-5,7H,6H2,1-2H3,(H,18,19)(H,14,15,16)/b4-3+. The van der Waals surface area contributed by atoms with Crippen LogP contribution in [0.15, 0.2) is 18.5 Å². The number of aryl methyl sites for hydroxylation is 1. The topological polar surface area (TPSA) is 99.2 Å². The number of nitrogens with zero attached hydrogens (tertiary/aromatic N) is 3. The summed E-state index contributed by atoms with van der Waals surface area (Å²) < 4.78 is 0. The van der Waals surface area contributed by atoms with Crippen molar-refractivity contribution in [2.45, 2.75) is 13.5 Å². The van der Waals surface area contributed by atoms with Gasteiger partial charge in [0.1, 0.15) is 12.2 Å². The van der Waals surface area contributed by atoms with Crippen molar-refractivity contribution >= 4 is 29.3 Å². The van der Waals surface area contributed by atoms with Crippen molar-refractivity contribution in [1.29, 1.82) is 0 Å². The van der Waals surface area contributed by atoms with E-state index in [0.717, 1.165) is 16.5 Å². The summed E-state index contributed by atoms with van der Waals surface area (Å²) in [7, 11) is 1.67. The summed E-state index contributed by atoms with van der Waals surface area (Å²) in [4.78, 5) is 29.7. The number of thiophene rings is 1. The highest BCUT2D eigenvalue weighted by Gasteiger charge is 2.16. The summed E-state index contributed by atoms with van der Waals surface area (Å²) in [6.45, 7) is 2.17. The van der Waals surface area contributed by atoms with Crippen molar-refractivity contribution in [2.75, 3.05) is 7.05 Å². The van der Waals surface area contributed by atoms with Crippen LogP contribution >= 0.6 is 11.3 Å². The van der Waals surface area contributed by atoms with E-state index in [1.807, 2.05) is 6.92 Å². The molecule has 2 aromatic rings. The highest BCUT2D eigenvalue weighted by atomic mass is 32.1. The Balaban J connectivity index is 2.12. The van der Waals surface area contributed by atoms with Gasteiger partial charge >= 0.3 is 5.97 Å². The van der Waals surface area contributed by atoms with E-state index in [1.165, 1.54) is 28.6 Å². The number of hydrogen-bond donors (Lipinski definition) is 2. The summed E-state index contributed by atoms with van der Waals surface area (Å²) >= 11 is 1.26. The van der Waals surface area contributed by atoms with Crippen molar-refractivity contribution in [3.8, 4) is 0 Å². The Morgan fingerprint density at radius 2 is 2.29 bits per heavy atom. The molecule has 0 aromatic carbocycles. The van der Waals surface area contributed by atoms with Crippen molar-refractivity contribution in [3.63, 3.8) is 0 Å². The first kappa shape index (κ1) is 14.9. The molecule has 21 heavy (non-hydrogen) atoms. The zero-order valence-corrected chi connectivity index (χ0v) is 12.3. The molecule has 0 aliphatic rings. The van der Waals surface area contributed by atoms with Gasteiger partial charge in [-0.2, -0.15) is 5.10 Å². The quantitative estimate of drug-likeness (QED) is 0.816. The molecule has 1 amide bonds. The van der Waals surface area contributed by atoms with Crippen LogP contribution in [0.2, 0.25) is 0 Å². The van der Waals surface area contributed by atoms with Crippen LogP contribution in [0.25, 0.3) is 6.08 Å². The molecular formula is C13H14N4O3S. The van der Waals surface area contributed by atoms with Crippen LogP contribution < -0.4 is 0 Å². The SMILES string of the molecule is Cc1cc(C(=O)N(C)Cc2ncn[nH]2)sc1/C=C/C(=O)O. The van der Waals surface area contributed by atoms with E-state index in [2.05, 4.69) is 15.2 Å². The van der Waals surface area contributed by atoms with Crippen LogP contribution in [-0.4, -0.2) is 44.1 Å². The number of carbonyl (C=O) groups is 2. The number of amides is 1. The number of carbonyl (C=O) groups excluding carboxylic acids is 1. The van der Waals surface area contributed by atoms with Gasteiger partial charge in [-0.25, -0.2) is 9.78 Å². The molecule has 0 aliphatic heterocycles. The minimum absolute atomic E-state index is 0.144. The number of carboxylic acids is 1. The largest absolute Gasteiger partial charge is 0.478 e. The summed E-state index contributed by atoms with van der Waals surface area (Å²) in [5, 5.41) is 15.1. The molecule has 0 spiro atoms. The predicted octanol–water partition coefficient (Wildman–Crippen LogP) is 1.54. The van der Waals surface area contributed by atoms with Crippen LogP contribution in [0.3, 0.4) is 0 Å². The molecule has 7 nitrogen and oxygen atoms in total. The minimum atomic E-state index is -1.02. The molecule has 8 heteroatoms. The highest BCUT2D eigenvalue weighted by Crippen LogP contribution is 2.24. The molecule has 2 aromatic heterocycles. The lowest BCUT2D eigenvalue weighted by atomic mass is 10.2. The van der Waals surface area contributed by atoms with Gasteiger partial charge in [0.15, 0.2) is 0 Å². The Bertz CT molecular complexity index is 676. The van der Waals surface area contributed by atoms with Gasteiger partial charge in [0.25, 0.3) is 5.91 Å². The maximum Gasteiger partial charge on any atom is 0.328 e. The van der Waals surface area contributed by atoms with E-state index in [4.69, 9.17) is 5.11 Å². The number of hydrogen-bond acceptors (Lipinski definition) is 5. The normalized spacial score (nSPS) is 11.0. The number of aromatic amines is 1. The van der Waals surface area contributed by atoms with Gasteiger partial charge < -0.3 is 10.0 Å². The van der Waals surface area contributed by atoms with Crippen LogP contribution in [0.5, 0.6) is 0 Å². The van der Waals surface area contributed by atoms with E-state index in [-0.39, 0.29) is 5.91 Å². The molecule has 0 fully saturated rings. The van der Waals surface area contributed by atoms with Gasteiger partial charge in [-0.1, -0.05) is 0 Å². The minimum Gasteiger partial charge on any atom is -0.478 e. The Morgan fingerprint density at radius 1 is 1.52 bits per heavy atom. The van der Waals surface area contributed by atoms with E-state index >= 15 is 0 Å². The molecule has 2 rings (SSSR count). The second kappa shape index (κ2) is 6.31. The Morgan fingerprint density at radius 3 is 2.90 bits per heavy atom. The van der Waals surface area contributed by atoms with Gasteiger partial charge in [0.2, 0.25) is 0 Å². The summed E-state index contributed by atoms with van der Waals surface area (Å²) in [5.41, 5.74) is 0.869. The van der Waals surface area contributed by atoms with E-state index in [9.17, 15) is 9.59 Å². The first-order valence-electron chi connectivity index (χ1n) is 6.08. The molecule has 0 bridgehead atoms. The first-order valence-corrected chi connectivity index (χ1v) is 6.90. The Hall–Kier alpha value is -2.48. The molecule has 110 valence electrons. The van der Waals surface area contributed by atoms with Crippen LogP contribution in [0.1, 0.15) is 25.9 Å². The zero-order chi connectivity index (χ0) is 15.4. The average Bonchev–Trinajstić information content (AvgIpc) is 3.05. The van der Waals surface area contributed by atoms with Crippen molar-refractivity contribution < 1.29 is 14.7 Å². The van der Waals surface area contributed by atoms with E-state index in [0.29, 0.717) is 17.2 Å². The number of carboxylic acid groups (broad SMARTS) is 1. The fourth-order valence-electron chi connectivity index (χ4n) is 1.71. The number of aromatic nitrogens is 3. The molecule has 0 aliphatic carbocycles. The summed E-state index contributed by atoms with van der Waals surface area (Å²) in [5.74, 6) is -0.558. The lowest BCUT2D eigenvalue weighted by molar-refractivity contribution is -0.131. The van der Waals surface area contributed by atoms with Crippen molar-refractivity contribution in [2.24, 2.45) is 0 Å². The second-order valence-corrected chi connectivity index (χ2v) is 5.51. The third kappa shape index (κ3) is 3.76. The molecule has 0 unspecified atom stereocenters. The molecule has 0 radical (unpaired) electrons. The predicted molar refractivity (Wildman–Crippen MR) is 77.9 cm³/mol. The fraction of sp³-hybridized carbons (Fsp3) is 0.231. The van der Waals surface area contributed by atoms with E-state index in [1.54, 1.807) is 13.1 Å². The van der Waals surface area contributed by atoms with Crippen LogP contribution in [0.4, 0.5) is 0 Å². The lowest BCUT2D eigenvalue weighted by Crippen LogP contribution is -2.26. The molecular weight excluding hydrogens is 292 g/mol. The maximum atomic E-state index is 12.3. The van der Waals surface area contributed by atoms with Gasteiger partial charge in [-0.3, -0.25) is 9.89 Å².